The molecule has 0 amide bonds. The largest absolute Gasteiger partial charge is 0.0654 e. The molecule has 0 saturated carbocycles. The predicted octanol–water partition coefficient (Wildman–Crippen LogP) is 33.9. The molecule has 0 aliphatic heterocycles. The van der Waals surface area contributed by atoms with Crippen LogP contribution in [0.1, 0.15) is 463 Å². The van der Waals surface area contributed by atoms with Crippen molar-refractivity contribution in [3.8, 4) is 0 Å². The first kappa shape index (κ1) is 111. The van der Waals surface area contributed by atoms with Gasteiger partial charge in [0.2, 0.25) is 0 Å². The lowest BCUT2D eigenvalue weighted by Gasteiger charge is -2.40. The zero-order valence-corrected chi connectivity index (χ0v) is 73.6. The molecule has 0 saturated heterocycles. The molecule has 0 aromatic carbocycles. The second-order valence-corrected chi connectivity index (χ2v) is 38.2. The summed E-state index contributed by atoms with van der Waals surface area (Å²) in [7, 11) is 0. The molecule has 87 heavy (non-hydrogen) atoms. The van der Waals surface area contributed by atoms with Crippen LogP contribution >= 0.6 is 0 Å². The van der Waals surface area contributed by atoms with Gasteiger partial charge in [-0.2, -0.15) is 0 Å². The average Bonchev–Trinajstić information content (AvgIpc) is 3.39. The summed E-state index contributed by atoms with van der Waals surface area (Å²) >= 11 is 0. The van der Waals surface area contributed by atoms with Crippen molar-refractivity contribution < 1.29 is 0 Å². The molecule has 0 aliphatic rings. The Bertz CT molecular complexity index is 1290. The highest BCUT2D eigenvalue weighted by Gasteiger charge is 2.34. The fraction of sp³-hybridized carbons (Fsp3) is 1.00. The summed E-state index contributed by atoms with van der Waals surface area (Å²) in [6.45, 7) is 121. The van der Waals surface area contributed by atoms with Crippen LogP contribution in [0.4, 0.5) is 0 Å². The van der Waals surface area contributed by atoms with Gasteiger partial charge in [-0.1, -0.05) is 463 Å². The summed E-state index contributed by atoms with van der Waals surface area (Å²) in [4.78, 5) is 0. The van der Waals surface area contributed by atoms with E-state index < -0.39 is 0 Å². The number of hydrogen-bond acceptors (Lipinski definition) is 0. The Morgan fingerprint density at radius 3 is 0.563 bits per heavy atom. The van der Waals surface area contributed by atoms with Crippen LogP contribution in [0.2, 0.25) is 0 Å². The quantitative estimate of drug-likeness (QED) is 0.128. The van der Waals surface area contributed by atoms with Gasteiger partial charge >= 0.3 is 0 Å². The first-order valence-electron chi connectivity index (χ1n) is 38.2. The monoisotopic (exact) mass is 1240 g/mol. The number of rotatable bonds is 18. The zero-order valence-electron chi connectivity index (χ0n) is 73.6. The highest BCUT2D eigenvalue weighted by atomic mass is 14.4. The predicted molar refractivity (Wildman–Crippen MR) is 424 cm³/mol. The van der Waals surface area contributed by atoms with Crippen LogP contribution in [0.3, 0.4) is 0 Å². The lowest BCUT2D eigenvalue weighted by atomic mass is 9.65. The molecular weight excluding hydrogens is 1040 g/mol. The van der Waals surface area contributed by atoms with Gasteiger partial charge in [0.25, 0.3) is 0 Å². The third-order valence-corrected chi connectivity index (χ3v) is 25.2. The molecule has 0 aromatic heterocycles. The van der Waals surface area contributed by atoms with E-state index in [4.69, 9.17) is 0 Å². The van der Waals surface area contributed by atoms with Gasteiger partial charge in [0.15, 0.2) is 0 Å². The van der Waals surface area contributed by atoms with Crippen molar-refractivity contribution >= 4 is 0 Å². The molecule has 544 valence electrons. The van der Waals surface area contributed by atoms with Crippen LogP contribution in [0.25, 0.3) is 0 Å². The van der Waals surface area contributed by atoms with Crippen molar-refractivity contribution in [3.05, 3.63) is 0 Å². The van der Waals surface area contributed by atoms with Crippen molar-refractivity contribution in [2.75, 3.05) is 0 Å². The Morgan fingerprint density at radius 2 is 0.552 bits per heavy atom. The Morgan fingerprint density at radius 1 is 0.264 bits per heavy atom. The Balaban J connectivity index is -0.0000000813. The van der Waals surface area contributed by atoms with Gasteiger partial charge in [0, 0.05) is 0 Å². The molecular formula is C87H196. The lowest BCUT2D eigenvalue weighted by Crippen LogP contribution is -2.31. The summed E-state index contributed by atoms with van der Waals surface area (Å²) in [5.74, 6) is 5.95. The molecule has 0 fully saturated rings. The molecule has 2 atom stereocenters. The van der Waals surface area contributed by atoms with Gasteiger partial charge in [-0.25, -0.2) is 0 Å². The molecule has 0 bridgehead atoms. The first-order valence-corrected chi connectivity index (χ1v) is 38.2. The van der Waals surface area contributed by atoms with E-state index in [0.29, 0.717) is 65.0 Å². The lowest BCUT2D eigenvalue weighted by molar-refractivity contribution is 0.0975. The fourth-order valence-corrected chi connectivity index (χ4v) is 5.48. The summed E-state index contributed by atoms with van der Waals surface area (Å²) in [6.07, 6.45) is 19.7. The molecule has 2 unspecified atom stereocenters. The molecule has 0 aromatic rings. The van der Waals surface area contributed by atoms with Crippen molar-refractivity contribution in [3.63, 3.8) is 0 Å². The maximum Gasteiger partial charge on any atom is -0.0282 e. The topological polar surface area (TPSA) is 0 Å². The van der Waals surface area contributed by atoms with E-state index in [-0.39, 0.29) is 0 Å². The fourth-order valence-electron chi connectivity index (χ4n) is 5.48. The van der Waals surface area contributed by atoms with Crippen molar-refractivity contribution in [1.29, 1.82) is 0 Å². The van der Waals surface area contributed by atoms with E-state index in [2.05, 4.69) is 367 Å². The minimum absolute atomic E-state index is 0.437. The van der Waals surface area contributed by atoms with E-state index in [1.807, 2.05) is 0 Å². The Labute approximate surface area is 566 Å². The number of hydrogen-bond donors (Lipinski definition) is 0. The van der Waals surface area contributed by atoms with E-state index in [9.17, 15) is 0 Å². The van der Waals surface area contributed by atoms with Gasteiger partial charge in [0.05, 0.1) is 0 Å². The van der Waals surface area contributed by atoms with E-state index >= 15 is 0 Å². The molecule has 0 spiro atoms. The maximum absolute atomic E-state index is 2.38. The highest BCUT2D eigenvalue weighted by molar-refractivity contribution is 4.84. The smallest absolute Gasteiger partial charge is 0.0282 e. The highest BCUT2D eigenvalue weighted by Crippen LogP contribution is 2.44. The van der Waals surface area contributed by atoms with Crippen molar-refractivity contribution in [2.24, 2.45) is 106 Å². The summed E-state index contributed by atoms with van der Waals surface area (Å²) in [5, 5.41) is 0. The van der Waals surface area contributed by atoms with Crippen LogP contribution in [-0.4, -0.2) is 0 Å². The standard InChI is InChI=1S/C10H22.2C9H20.3C8H18.5C7H16/c1-7-10(6,8-2)9(3,4)5;1-7-9(5,6)8(2,3)4;1-6-9(5,7-2)8(3)4;1-7(2,3)8(4,5)6;1-6-8(4,5)7(2)3;1-5-8(4,6-2)7-3;2*1-6(2)7(3,4)5;1-5-7(3,4)6-2;1-5-7(4)6(2)3;1-4-6-7(3)5-2/h7-8H2,1-6H3;7H2,1-6H3;8H,6-7H2,1-5H3;1-6H3;7H,6H2,1-5H3;5-7H2,1-4H3;2*6H,1-5H3;5-6H2,1-4H3;6-7H,5H2,1-4H3;7H,4-6H2,1-3H3. The molecule has 0 radical (unpaired) electrons. The second kappa shape index (κ2) is 53.3. The molecule has 0 nitrogen and oxygen atoms in total. The average molecular weight is 1240 g/mol. The van der Waals surface area contributed by atoms with Crippen molar-refractivity contribution in [1.82, 2.24) is 0 Å². The van der Waals surface area contributed by atoms with Crippen molar-refractivity contribution in [2.45, 2.75) is 463 Å². The summed E-state index contributed by atoms with van der Waals surface area (Å²) < 4.78 is 0. The molecule has 0 N–H and O–H groups in total. The normalized spacial score (nSPS) is 13.3. The van der Waals surface area contributed by atoms with Gasteiger partial charge < -0.3 is 0 Å². The third-order valence-electron chi connectivity index (χ3n) is 25.2. The Kier molecular flexibility index (Phi) is 68.2. The molecule has 0 rings (SSSR count). The van der Waals surface area contributed by atoms with Gasteiger partial charge in [-0.15, -0.1) is 0 Å². The minimum atomic E-state index is 0.437. The Hall–Kier alpha value is 0. The maximum atomic E-state index is 2.38. The molecule has 0 aliphatic carbocycles. The minimum Gasteiger partial charge on any atom is -0.0654 e. The van der Waals surface area contributed by atoms with Crippen LogP contribution in [0.15, 0.2) is 0 Å². The second-order valence-electron chi connectivity index (χ2n) is 38.2. The van der Waals surface area contributed by atoms with E-state index in [0.717, 1.165) is 41.4 Å². The summed E-state index contributed by atoms with van der Waals surface area (Å²) in [6, 6.07) is 0. The first-order chi connectivity index (χ1) is 38.2. The molecule has 0 heterocycles. The molecule has 0 heteroatoms. The van der Waals surface area contributed by atoms with Crippen LogP contribution in [-0.2, 0) is 0 Å². The van der Waals surface area contributed by atoms with Gasteiger partial charge in [-0.3, -0.25) is 0 Å². The zero-order chi connectivity index (χ0) is 73.6. The summed E-state index contributed by atoms with van der Waals surface area (Å²) in [5.41, 5.74) is 6.11. The van der Waals surface area contributed by atoms with E-state index in [1.54, 1.807) is 0 Å². The van der Waals surface area contributed by atoms with E-state index in [1.165, 1.54) is 96.3 Å². The van der Waals surface area contributed by atoms with Crippen LogP contribution in [0.5, 0.6) is 0 Å². The van der Waals surface area contributed by atoms with Gasteiger partial charge in [0.1, 0.15) is 0 Å². The third kappa shape index (κ3) is 67.2. The van der Waals surface area contributed by atoms with Crippen LogP contribution < -0.4 is 0 Å². The van der Waals surface area contributed by atoms with Crippen LogP contribution in [0, 0.1) is 106 Å². The SMILES string of the molecule is CC(C)(C)C(C)(C)C.CC(C)C(C)(C)C.CC(C)C(C)(C)C.CCC(C)(C)C(C)(C)C.CCC(C)(C)C(C)C.CCC(C)(C)CC.CCC(C)(CC)C(C)(C)C.CCC(C)(CC)C(C)C.CCC(C)(CC)CC.CCC(C)C(C)C.CCCC(C)CC. The van der Waals surface area contributed by atoms with Gasteiger partial charge in [-0.05, 0) is 106 Å².